The van der Waals surface area contributed by atoms with Crippen molar-refractivity contribution in [1.82, 2.24) is 15.0 Å². The zero-order chi connectivity index (χ0) is 15.2. The Morgan fingerprint density at radius 3 is 2.64 bits per heavy atom. The summed E-state index contributed by atoms with van der Waals surface area (Å²) in [4.78, 5) is 12.4. The highest BCUT2D eigenvalue weighted by molar-refractivity contribution is 7.99. The lowest BCUT2D eigenvalue weighted by Gasteiger charge is -2.02. The van der Waals surface area contributed by atoms with Crippen molar-refractivity contribution in [3.05, 3.63) is 54.9 Å². The van der Waals surface area contributed by atoms with Crippen molar-refractivity contribution in [2.24, 2.45) is 0 Å². The smallest absolute Gasteiger partial charge is 0.166 e. The van der Waals surface area contributed by atoms with Gasteiger partial charge in [0.05, 0.1) is 18.0 Å². The number of H-pyrrole nitrogens is 1. The number of methoxy groups -OCH3 is 1. The summed E-state index contributed by atoms with van der Waals surface area (Å²) in [5, 5.41) is 0.898. The molecule has 5 heteroatoms. The van der Waals surface area contributed by atoms with Gasteiger partial charge in [-0.15, -0.1) is 0 Å². The van der Waals surface area contributed by atoms with Gasteiger partial charge in [-0.25, -0.2) is 4.98 Å². The molecular weight excluding hydrogens is 294 g/mol. The molecular formula is C17H17N3OS. The van der Waals surface area contributed by atoms with E-state index in [4.69, 9.17) is 9.72 Å². The maximum absolute atomic E-state index is 5.10. The summed E-state index contributed by atoms with van der Waals surface area (Å²) in [6, 6.07) is 14.2. The number of nitrogens with zero attached hydrogens (tertiary/aromatic N) is 2. The Labute approximate surface area is 134 Å². The van der Waals surface area contributed by atoms with Crippen LogP contribution in [0, 0.1) is 0 Å². The van der Waals surface area contributed by atoms with Gasteiger partial charge in [0.15, 0.2) is 5.16 Å². The van der Waals surface area contributed by atoms with E-state index in [-0.39, 0.29) is 0 Å². The number of ether oxygens (including phenoxy) is 1. The molecule has 0 amide bonds. The van der Waals surface area contributed by atoms with Crippen molar-refractivity contribution in [1.29, 1.82) is 0 Å². The molecule has 1 aromatic carbocycles. The summed E-state index contributed by atoms with van der Waals surface area (Å²) in [5.41, 5.74) is 4.08. The van der Waals surface area contributed by atoms with Crippen molar-refractivity contribution < 1.29 is 4.74 Å². The van der Waals surface area contributed by atoms with Crippen molar-refractivity contribution in [2.45, 2.75) is 5.16 Å². The summed E-state index contributed by atoms with van der Waals surface area (Å²) in [7, 11) is 1.71. The Morgan fingerprint density at radius 1 is 1.09 bits per heavy atom. The van der Waals surface area contributed by atoms with E-state index in [1.54, 1.807) is 25.1 Å². The second-order valence-electron chi connectivity index (χ2n) is 4.71. The molecule has 0 fully saturated rings. The Morgan fingerprint density at radius 2 is 1.91 bits per heavy atom. The van der Waals surface area contributed by atoms with Gasteiger partial charge in [-0.05, 0) is 12.1 Å². The van der Waals surface area contributed by atoms with Gasteiger partial charge in [0.25, 0.3) is 0 Å². The zero-order valence-electron chi connectivity index (χ0n) is 12.3. The predicted octanol–water partition coefficient (Wildman–Crippen LogP) is 3.88. The molecule has 0 aliphatic carbocycles. The fraction of sp³-hybridized carbons (Fsp3) is 0.176. The highest BCUT2D eigenvalue weighted by atomic mass is 32.2. The van der Waals surface area contributed by atoms with Crippen LogP contribution in [-0.4, -0.2) is 34.4 Å². The molecule has 22 heavy (non-hydrogen) atoms. The van der Waals surface area contributed by atoms with Gasteiger partial charge in [0.1, 0.15) is 0 Å². The number of thioether (sulfide) groups is 1. The highest BCUT2D eigenvalue weighted by Gasteiger charge is 2.14. The number of nitrogens with one attached hydrogen (secondary N) is 1. The minimum atomic E-state index is 0.703. The van der Waals surface area contributed by atoms with E-state index >= 15 is 0 Å². The molecule has 4 nitrogen and oxygen atoms in total. The van der Waals surface area contributed by atoms with Crippen LogP contribution >= 0.6 is 11.8 Å². The van der Waals surface area contributed by atoms with E-state index in [9.17, 15) is 0 Å². The van der Waals surface area contributed by atoms with Gasteiger partial charge in [-0.1, -0.05) is 42.1 Å². The molecule has 0 aliphatic rings. The zero-order valence-corrected chi connectivity index (χ0v) is 13.1. The molecule has 1 N–H and O–H groups in total. The van der Waals surface area contributed by atoms with E-state index in [2.05, 4.69) is 22.1 Å². The van der Waals surface area contributed by atoms with Crippen molar-refractivity contribution in [2.75, 3.05) is 19.5 Å². The van der Waals surface area contributed by atoms with E-state index in [0.29, 0.717) is 6.61 Å². The monoisotopic (exact) mass is 311 g/mol. The van der Waals surface area contributed by atoms with Crippen LogP contribution in [0.25, 0.3) is 22.5 Å². The fourth-order valence-corrected chi connectivity index (χ4v) is 2.94. The number of imidazole rings is 1. The lowest BCUT2D eigenvalue weighted by atomic mass is 10.1. The topological polar surface area (TPSA) is 50.8 Å². The molecule has 0 bridgehead atoms. The molecule has 0 saturated heterocycles. The molecule has 0 saturated carbocycles. The predicted molar refractivity (Wildman–Crippen MR) is 89.9 cm³/mol. The Hall–Kier alpha value is -2.11. The third-order valence-electron chi connectivity index (χ3n) is 3.21. The number of rotatable bonds is 6. The number of pyridine rings is 1. The van der Waals surface area contributed by atoms with Crippen LogP contribution in [0.3, 0.4) is 0 Å². The highest BCUT2D eigenvalue weighted by Crippen LogP contribution is 2.32. The third kappa shape index (κ3) is 3.37. The average molecular weight is 311 g/mol. The van der Waals surface area contributed by atoms with E-state index in [1.165, 1.54) is 0 Å². The number of hydrogen-bond donors (Lipinski definition) is 1. The van der Waals surface area contributed by atoms with Crippen LogP contribution in [0.5, 0.6) is 0 Å². The lowest BCUT2D eigenvalue weighted by Crippen LogP contribution is -1.91. The van der Waals surface area contributed by atoms with Crippen LogP contribution in [0.4, 0.5) is 0 Å². The average Bonchev–Trinajstić information content (AvgIpc) is 3.01. The summed E-state index contributed by atoms with van der Waals surface area (Å²) in [6.07, 6.45) is 3.61. The lowest BCUT2D eigenvalue weighted by molar-refractivity contribution is 0.218. The van der Waals surface area contributed by atoms with Crippen molar-refractivity contribution in [3.8, 4) is 22.5 Å². The van der Waals surface area contributed by atoms with E-state index in [0.717, 1.165) is 33.4 Å². The summed E-state index contributed by atoms with van der Waals surface area (Å²) in [6.45, 7) is 0.703. The molecule has 0 unspecified atom stereocenters. The molecule has 0 radical (unpaired) electrons. The molecule has 2 heterocycles. The second kappa shape index (κ2) is 7.24. The van der Waals surface area contributed by atoms with Crippen LogP contribution in [0.2, 0.25) is 0 Å². The van der Waals surface area contributed by atoms with Gasteiger partial charge in [0.2, 0.25) is 0 Å². The molecule has 0 aliphatic heterocycles. The minimum Gasteiger partial charge on any atom is -0.384 e. The molecule has 112 valence electrons. The summed E-state index contributed by atoms with van der Waals surface area (Å²) in [5.74, 6) is 0.866. The van der Waals surface area contributed by atoms with Crippen LogP contribution in [0.1, 0.15) is 0 Å². The van der Waals surface area contributed by atoms with Crippen LogP contribution < -0.4 is 0 Å². The second-order valence-corrected chi connectivity index (χ2v) is 5.80. The van der Waals surface area contributed by atoms with Gasteiger partial charge in [-0.3, -0.25) is 4.98 Å². The normalized spacial score (nSPS) is 10.8. The fourth-order valence-electron chi connectivity index (χ4n) is 2.17. The van der Waals surface area contributed by atoms with Gasteiger partial charge in [0, 0.05) is 36.4 Å². The maximum Gasteiger partial charge on any atom is 0.166 e. The number of aromatic amines is 1. The number of benzene rings is 1. The summed E-state index contributed by atoms with van der Waals surface area (Å²) >= 11 is 1.66. The maximum atomic E-state index is 5.10. The van der Waals surface area contributed by atoms with Crippen molar-refractivity contribution in [3.63, 3.8) is 0 Å². The quantitative estimate of drug-likeness (QED) is 0.554. The van der Waals surface area contributed by atoms with Crippen LogP contribution in [0.15, 0.2) is 60.0 Å². The first kappa shape index (κ1) is 14.8. The first-order valence-corrected chi connectivity index (χ1v) is 8.04. The minimum absolute atomic E-state index is 0.703. The molecule has 3 rings (SSSR count). The first-order valence-electron chi connectivity index (χ1n) is 7.06. The first-order chi connectivity index (χ1) is 10.9. The standard InChI is InChI=1S/C17H17N3OS/c1-21-10-11-22-17-19-15(13-6-3-2-4-7-13)16(20-17)14-8-5-9-18-12-14/h2-9,12H,10-11H2,1H3,(H,19,20). The largest absolute Gasteiger partial charge is 0.384 e. The van der Waals surface area contributed by atoms with E-state index in [1.807, 2.05) is 36.5 Å². The SMILES string of the molecule is COCCSc1nc(-c2cccnc2)c(-c2ccccc2)[nH]1. The summed E-state index contributed by atoms with van der Waals surface area (Å²) < 4.78 is 5.10. The van der Waals surface area contributed by atoms with Crippen LogP contribution in [-0.2, 0) is 4.74 Å². The third-order valence-corrected chi connectivity index (χ3v) is 4.04. The molecule has 2 aromatic heterocycles. The van der Waals surface area contributed by atoms with E-state index < -0.39 is 0 Å². The Bertz CT molecular complexity index is 656. The number of aromatic nitrogens is 3. The Kier molecular flexibility index (Phi) is 4.88. The molecule has 0 atom stereocenters. The van der Waals surface area contributed by atoms with Gasteiger partial charge >= 0.3 is 0 Å². The van der Waals surface area contributed by atoms with Gasteiger partial charge < -0.3 is 9.72 Å². The van der Waals surface area contributed by atoms with Gasteiger partial charge in [-0.2, -0.15) is 0 Å². The van der Waals surface area contributed by atoms with Crippen molar-refractivity contribution >= 4 is 11.8 Å². The molecule has 3 aromatic rings. The number of hydrogen-bond acceptors (Lipinski definition) is 4. The molecule has 0 spiro atoms. The Balaban J connectivity index is 1.99.